The topological polar surface area (TPSA) is 154 Å². The molecule has 3 heterocycles. The van der Waals surface area contributed by atoms with Crippen LogP contribution in [0.3, 0.4) is 0 Å². The second-order valence-electron chi connectivity index (χ2n) is 6.22. The van der Waals surface area contributed by atoms with Crippen LogP contribution in [0.4, 0.5) is 0 Å². The van der Waals surface area contributed by atoms with Crippen LogP contribution in [0.5, 0.6) is 0 Å². The predicted molar refractivity (Wildman–Crippen MR) is 90.6 cm³/mol. The Kier molecular flexibility index (Phi) is 4.57. The number of nitrogens with one attached hydrogen (secondary N) is 1. The molecule has 0 bridgehead atoms. The van der Waals surface area contributed by atoms with Gasteiger partial charge in [0.1, 0.15) is 5.41 Å². The van der Waals surface area contributed by atoms with Gasteiger partial charge in [-0.05, 0) is 18.2 Å². The van der Waals surface area contributed by atoms with Crippen molar-refractivity contribution in [2.24, 2.45) is 5.41 Å². The van der Waals surface area contributed by atoms with E-state index in [4.69, 9.17) is 5.21 Å². The van der Waals surface area contributed by atoms with Crippen molar-refractivity contribution in [2.45, 2.75) is 5.37 Å². The minimum Gasteiger partial charge on any atom is -0.481 e. The molecule has 1 unspecified atom stereocenters. The van der Waals surface area contributed by atoms with Crippen molar-refractivity contribution in [1.82, 2.24) is 15.4 Å². The van der Waals surface area contributed by atoms with E-state index in [0.717, 1.165) is 17.1 Å². The molecule has 2 amide bonds. The molecular weight excluding hydrogens is 378 g/mol. The highest BCUT2D eigenvalue weighted by Gasteiger charge is 2.60. The summed E-state index contributed by atoms with van der Waals surface area (Å²) in [6.45, 7) is -0.417. The third-order valence-electron chi connectivity index (χ3n) is 4.39. The zero-order valence-electron chi connectivity index (χ0n) is 13.8. The van der Waals surface area contributed by atoms with E-state index >= 15 is 0 Å². The van der Waals surface area contributed by atoms with E-state index in [1.165, 1.54) is 17.8 Å². The predicted octanol–water partition coefficient (Wildman–Crippen LogP) is -0.806. The van der Waals surface area contributed by atoms with E-state index in [1.54, 1.807) is 18.2 Å². The monoisotopic (exact) mass is 393 g/mol. The van der Waals surface area contributed by atoms with E-state index < -0.39 is 50.7 Å². The van der Waals surface area contributed by atoms with Crippen LogP contribution < -0.4 is 5.48 Å². The highest BCUT2D eigenvalue weighted by atomic mass is 32.2. The number of sulfone groups is 1. The lowest BCUT2D eigenvalue weighted by atomic mass is 9.86. The summed E-state index contributed by atoms with van der Waals surface area (Å²) < 4.78 is 25.4. The molecule has 142 valence electrons. The van der Waals surface area contributed by atoms with Crippen molar-refractivity contribution in [3.63, 3.8) is 0 Å². The van der Waals surface area contributed by atoms with Crippen LogP contribution in [0.25, 0.3) is 6.08 Å². The van der Waals surface area contributed by atoms with Gasteiger partial charge in [0.05, 0.1) is 17.0 Å². The molecule has 0 aliphatic carbocycles. The van der Waals surface area contributed by atoms with Crippen LogP contribution >= 0.6 is 0 Å². The lowest BCUT2D eigenvalue weighted by Gasteiger charge is -2.49. The number of fused-ring (bicyclic) bond motifs is 1. The molecular formula is C16H15N3O7S. The van der Waals surface area contributed by atoms with Crippen molar-refractivity contribution in [2.75, 3.05) is 12.3 Å². The van der Waals surface area contributed by atoms with Crippen LogP contribution in [0.2, 0.25) is 0 Å². The molecule has 2 saturated heterocycles. The molecule has 0 saturated carbocycles. The molecule has 2 atom stereocenters. The first-order chi connectivity index (χ1) is 12.7. The number of hydroxylamine groups is 1. The first-order valence-electron chi connectivity index (χ1n) is 7.72. The first kappa shape index (κ1) is 18.7. The van der Waals surface area contributed by atoms with Gasteiger partial charge in [-0.1, -0.05) is 12.1 Å². The number of aliphatic carboxylic acids is 1. The van der Waals surface area contributed by atoms with Gasteiger partial charge in [0.15, 0.2) is 15.2 Å². The number of carboxylic acids is 1. The Morgan fingerprint density at radius 1 is 1.37 bits per heavy atom. The molecule has 1 aromatic rings. The summed E-state index contributed by atoms with van der Waals surface area (Å²) in [7, 11) is -4.05. The number of hydrogen-bond acceptors (Lipinski definition) is 7. The van der Waals surface area contributed by atoms with Crippen LogP contribution in [-0.2, 0) is 24.2 Å². The third kappa shape index (κ3) is 3.22. The highest BCUT2D eigenvalue weighted by molar-refractivity contribution is 7.92. The van der Waals surface area contributed by atoms with E-state index in [1.807, 2.05) is 0 Å². The number of carbonyl (C=O) groups is 3. The third-order valence-corrected chi connectivity index (χ3v) is 6.50. The van der Waals surface area contributed by atoms with Crippen molar-refractivity contribution < 1.29 is 33.1 Å². The smallest absolute Gasteiger partial charge is 0.316 e. The Morgan fingerprint density at radius 2 is 2.11 bits per heavy atom. The summed E-state index contributed by atoms with van der Waals surface area (Å²) in [6, 6.07) is 4.96. The number of hydrogen-bond donors (Lipinski definition) is 3. The molecule has 11 heteroatoms. The fourth-order valence-corrected chi connectivity index (χ4v) is 5.44. The number of carbonyl (C=O) groups excluding carboxylic acids is 2. The van der Waals surface area contributed by atoms with Gasteiger partial charge >= 0.3 is 5.97 Å². The Labute approximate surface area is 153 Å². The van der Waals surface area contributed by atoms with E-state index in [-0.39, 0.29) is 5.57 Å². The number of β-lactam (4-membered cyclic amide) rings is 1. The van der Waals surface area contributed by atoms with Gasteiger partial charge in [0.2, 0.25) is 0 Å². The largest absolute Gasteiger partial charge is 0.481 e. The second kappa shape index (κ2) is 6.59. The molecule has 0 aromatic carbocycles. The average molecular weight is 393 g/mol. The summed E-state index contributed by atoms with van der Waals surface area (Å²) in [5.74, 6) is -3.92. The fraction of sp³-hybridized carbons (Fsp3) is 0.250. The van der Waals surface area contributed by atoms with Crippen molar-refractivity contribution in [1.29, 1.82) is 0 Å². The van der Waals surface area contributed by atoms with Gasteiger partial charge in [0, 0.05) is 18.8 Å². The molecule has 27 heavy (non-hydrogen) atoms. The lowest BCUT2D eigenvalue weighted by Crippen LogP contribution is -2.68. The zero-order valence-corrected chi connectivity index (χ0v) is 14.6. The maximum absolute atomic E-state index is 12.7. The van der Waals surface area contributed by atoms with Gasteiger partial charge in [-0.3, -0.25) is 24.6 Å². The Hall–Kier alpha value is -3.05. The highest BCUT2D eigenvalue weighted by Crippen LogP contribution is 2.42. The van der Waals surface area contributed by atoms with E-state index in [9.17, 15) is 27.9 Å². The maximum Gasteiger partial charge on any atom is 0.316 e. The molecule has 2 fully saturated rings. The van der Waals surface area contributed by atoms with Gasteiger partial charge in [-0.2, -0.15) is 0 Å². The van der Waals surface area contributed by atoms with Crippen molar-refractivity contribution >= 4 is 33.7 Å². The minimum atomic E-state index is -4.05. The number of rotatable bonds is 4. The van der Waals surface area contributed by atoms with Crippen LogP contribution in [0.15, 0.2) is 42.1 Å². The Balaban J connectivity index is 1.97. The van der Waals surface area contributed by atoms with Gasteiger partial charge in [-0.25, -0.2) is 13.9 Å². The first-order valence-corrected chi connectivity index (χ1v) is 9.44. The van der Waals surface area contributed by atoms with Gasteiger partial charge in [0.25, 0.3) is 11.8 Å². The van der Waals surface area contributed by atoms with Crippen molar-refractivity contribution in [3.8, 4) is 0 Å². The summed E-state index contributed by atoms with van der Waals surface area (Å²) in [4.78, 5) is 40.3. The molecule has 2 aliphatic heterocycles. The molecule has 3 N–H and O–H groups in total. The summed E-state index contributed by atoms with van der Waals surface area (Å²) >= 11 is 0. The lowest BCUT2D eigenvalue weighted by molar-refractivity contribution is -0.149. The van der Waals surface area contributed by atoms with Crippen LogP contribution in [0.1, 0.15) is 5.69 Å². The van der Waals surface area contributed by atoms with E-state index in [0.29, 0.717) is 5.69 Å². The number of amides is 2. The van der Waals surface area contributed by atoms with Gasteiger partial charge in [-0.15, -0.1) is 0 Å². The van der Waals surface area contributed by atoms with E-state index in [2.05, 4.69) is 4.98 Å². The molecule has 0 spiro atoms. The SMILES string of the molecule is O=C(C=CC1(C(=O)O)CN2C(=O)C(=Cc3ccccn3)[C@H]2S(=O)(=O)C1)NO. The average Bonchev–Trinajstić information content (AvgIpc) is 2.64. The number of aromatic nitrogens is 1. The van der Waals surface area contributed by atoms with Crippen LogP contribution in [0, 0.1) is 5.41 Å². The standard InChI is InChI=1S/C16H15N3O7S/c20-12(18-24)4-5-16(15(22)23)8-19-13(21)11(14(19)27(25,26)9-16)7-10-3-1-2-6-17-10/h1-7,14,24H,8-9H2,(H,18,20)(H,22,23)/t14-,16?/m1/s1. The quantitative estimate of drug-likeness (QED) is 0.260. The normalized spacial score (nSPS) is 27.9. The summed E-state index contributed by atoms with van der Waals surface area (Å²) in [5.41, 5.74) is -0.272. The summed E-state index contributed by atoms with van der Waals surface area (Å²) in [5, 5.41) is 16.8. The Bertz CT molecular complexity index is 971. The molecule has 3 rings (SSSR count). The minimum absolute atomic E-state index is 0.0183. The maximum atomic E-state index is 12.7. The summed E-state index contributed by atoms with van der Waals surface area (Å²) in [6.07, 6.45) is 4.46. The van der Waals surface area contributed by atoms with Crippen molar-refractivity contribution in [3.05, 3.63) is 47.8 Å². The van der Waals surface area contributed by atoms with Gasteiger partial charge < -0.3 is 10.0 Å². The molecule has 10 nitrogen and oxygen atoms in total. The Morgan fingerprint density at radius 3 is 2.70 bits per heavy atom. The molecule has 2 aliphatic rings. The fourth-order valence-electron chi connectivity index (χ4n) is 3.14. The zero-order chi connectivity index (χ0) is 19.8. The number of nitrogens with zero attached hydrogens (tertiary/aromatic N) is 2. The number of pyridine rings is 1. The number of carboxylic acid groups (broad SMARTS) is 1. The molecule has 0 radical (unpaired) electrons. The van der Waals surface area contributed by atoms with Crippen LogP contribution in [-0.4, -0.2) is 64.1 Å². The second-order valence-corrected chi connectivity index (χ2v) is 8.28. The molecule has 1 aromatic heterocycles.